The highest BCUT2D eigenvalue weighted by Crippen LogP contribution is 2.28. The predicted octanol–water partition coefficient (Wildman–Crippen LogP) is 0.404. The second kappa shape index (κ2) is 10.8. The number of aromatic nitrogens is 1. The maximum atomic E-state index is 15.0. The number of amides is 4. The number of piperazine rings is 1. The molecule has 0 aliphatic carbocycles. The molecule has 12 nitrogen and oxygen atoms in total. The van der Waals surface area contributed by atoms with Crippen molar-refractivity contribution in [3.8, 4) is 0 Å². The van der Waals surface area contributed by atoms with Crippen LogP contribution in [0.1, 0.15) is 17.4 Å². The quantitative estimate of drug-likeness (QED) is 0.476. The molecule has 0 unspecified atom stereocenters. The van der Waals surface area contributed by atoms with E-state index in [9.17, 15) is 23.6 Å². The minimum absolute atomic E-state index is 0.166. The monoisotopic (exact) mass is 519 g/mol. The highest BCUT2D eigenvalue weighted by Gasteiger charge is 2.33. The molecule has 192 valence electrons. The van der Waals surface area contributed by atoms with Crippen LogP contribution in [0.5, 0.6) is 0 Å². The molecular weight excluding hydrogens is 493 g/mol. The molecule has 2 aliphatic heterocycles. The van der Waals surface area contributed by atoms with E-state index in [2.05, 4.69) is 15.6 Å². The first-order valence-corrected chi connectivity index (χ1v) is 12.1. The molecule has 0 saturated carbocycles. The molecule has 2 aromatic rings. The third kappa shape index (κ3) is 5.82. The van der Waals surface area contributed by atoms with Gasteiger partial charge in [0.15, 0.2) is 5.13 Å². The molecule has 0 bridgehead atoms. The maximum Gasteiger partial charge on any atom is 0.414 e. The zero-order valence-electron chi connectivity index (χ0n) is 19.5. The molecule has 4 rings (SSSR count). The van der Waals surface area contributed by atoms with Crippen LogP contribution in [0.3, 0.4) is 0 Å². The summed E-state index contributed by atoms with van der Waals surface area (Å²) < 4.78 is 20.2. The number of halogens is 1. The number of ether oxygens (including phenoxy) is 1. The van der Waals surface area contributed by atoms with Crippen LogP contribution in [0.4, 0.5) is 25.7 Å². The van der Waals surface area contributed by atoms with Gasteiger partial charge in [-0.15, -0.1) is 11.3 Å². The van der Waals surface area contributed by atoms with Crippen LogP contribution in [0, 0.1) is 5.82 Å². The molecule has 4 amide bonds. The van der Waals surface area contributed by atoms with E-state index in [0.717, 1.165) is 11.3 Å². The molecule has 2 aliphatic rings. The van der Waals surface area contributed by atoms with Gasteiger partial charge in [0.05, 0.1) is 31.0 Å². The molecule has 4 N–H and O–H groups in total. The van der Waals surface area contributed by atoms with Crippen molar-refractivity contribution >= 4 is 51.7 Å². The summed E-state index contributed by atoms with van der Waals surface area (Å²) in [6.45, 7) is 3.12. The number of hydrogen-bond donors (Lipinski definition) is 3. The Morgan fingerprint density at radius 3 is 2.61 bits per heavy atom. The van der Waals surface area contributed by atoms with E-state index in [-0.39, 0.29) is 42.3 Å². The third-order valence-corrected chi connectivity index (χ3v) is 6.50. The van der Waals surface area contributed by atoms with E-state index in [4.69, 9.17) is 10.5 Å². The van der Waals surface area contributed by atoms with E-state index in [1.165, 1.54) is 23.3 Å². The lowest BCUT2D eigenvalue weighted by atomic mass is 10.2. The van der Waals surface area contributed by atoms with Gasteiger partial charge in [-0.05, 0) is 18.2 Å². The van der Waals surface area contributed by atoms with Crippen molar-refractivity contribution < 1.29 is 28.3 Å². The molecule has 2 saturated heterocycles. The summed E-state index contributed by atoms with van der Waals surface area (Å²) in [6, 6.07) is 4.50. The van der Waals surface area contributed by atoms with E-state index >= 15 is 0 Å². The van der Waals surface area contributed by atoms with Gasteiger partial charge in [0, 0.05) is 38.5 Å². The topological polar surface area (TPSA) is 150 Å². The Hall–Kier alpha value is -3.94. The maximum absolute atomic E-state index is 15.0. The highest BCUT2D eigenvalue weighted by molar-refractivity contribution is 7.13. The van der Waals surface area contributed by atoms with Crippen molar-refractivity contribution in [3.63, 3.8) is 0 Å². The normalized spacial score (nSPS) is 17.7. The first-order valence-electron chi connectivity index (χ1n) is 11.3. The van der Waals surface area contributed by atoms with Crippen molar-refractivity contribution in [2.24, 2.45) is 0 Å². The summed E-state index contributed by atoms with van der Waals surface area (Å²) in [5.41, 5.74) is 6.41. The number of thiazole rings is 1. The Labute approximate surface area is 210 Å². The zero-order valence-corrected chi connectivity index (χ0v) is 20.3. The van der Waals surface area contributed by atoms with Crippen LogP contribution < -0.4 is 26.2 Å². The van der Waals surface area contributed by atoms with Gasteiger partial charge in [-0.2, -0.15) is 0 Å². The van der Waals surface area contributed by atoms with Crippen LogP contribution in [0.25, 0.3) is 0 Å². The number of hydrogen-bond acceptors (Lipinski definition) is 9. The fraction of sp³-hybridized carbons (Fsp3) is 0.409. The molecule has 1 atom stereocenters. The smallest absolute Gasteiger partial charge is 0.414 e. The van der Waals surface area contributed by atoms with Crippen molar-refractivity contribution in [2.45, 2.75) is 13.0 Å². The summed E-state index contributed by atoms with van der Waals surface area (Å²) >= 11 is 1.14. The third-order valence-electron chi connectivity index (χ3n) is 5.82. The van der Waals surface area contributed by atoms with E-state index in [0.29, 0.717) is 37.6 Å². The molecular formula is C22H26FN7O5S. The molecule has 1 aromatic carbocycles. The lowest BCUT2D eigenvalue weighted by Gasteiger charge is -2.36. The molecule has 0 radical (unpaired) electrons. The summed E-state index contributed by atoms with van der Waals surface area (Å²) in [5, 5.41) is 6.92. The zero-order chi connectivity index (χ0) is 25.8. The van der Waals surface area contributed by atoms with Gasteiger partial charge in [-0.3, -0.25) is 19.3 Å². The highest BCUT2D eigenvalue weighted by atomic mass is 32.1. The first kappa shape index (κ1) is 25.2. The number of cyclic esters (lactones) is 1. The second-order valence-corrected chi connectivity index (χ2v) is 9.20. The Morgan fingerprint density at radius 1 is 1.22 bits per heavy atom. The number of benzene rings is 1. The first-order chi connectivity index (χ1) is 17.2. The molecule has 3 heterocycles. The second-order valence-electron chi connectivity index (χ2n) is 8.31. The summed E-state index contributed by atoms with van der Waals surface area (Å²) in [4.78, 5) is 56.4. The van der Waals surface area contributed by atoms with E-state index < -0.39 is 23.9 Å². The van der Waals surface area contributed by atoms with Crippen molar-refractivity contribution in [3.05, 3.63) is 35.1 Å². The number of rotatable bonds is 7. The van der Waals surface area contributed by atoms with Gasteiger partial charge >= 0.3 is 6.09 Å². The van der Waals surface area contributed by atoms with Crippen LogP contribution in [-0.4, -0.2) is 85.6 Å². The van der Waals surface area contributed by atoms with Gasteiger partial charge in [-0.1, -0.05) is 0 Å². The van der Waals surface area contributed by atoms with E-state index in [1.807, 2.05) is 4.90 Å². The lowest BCUT2D eigenvalue weighted by molar-refractivity contribution is -0.130. The summed E-state index contributed by atoms with van der Waals surface area (Å²) in [5.74, 6) is -1.45. The van der Waals surface area contributed by atoms with E-state index in [1.54, 1.807) is 17.0 Å². The van der Waals surface area contributed by atoms with Crippen molar-refractivity contribution in [2.75, 3.05) is 61.3 Å². The average Bonchev–Trinajstić information content (AvgIpc) is 3.46. The van der Waals surface area contributed by atoms with Crippen LogP contribution in [0.2, 0.25) is 0 Å². The Balaban J connectivity index is 1.28. The molecule has 0 spiro atoms. The largest absolute Gasteiger partial charge is 0.442 e. The van der Waals surface area contributed by atoms with Gasteiger partial charge in [0.2, 0.25) is 11.8 Å². The minimum Gasteiger partial charge on any atom is -0.442 e. The molecule has 1 aromatic heterocycles. The standard InChI is InChI=1S/C22H26FN7O5S/c1-13(31)25-9-15-11-30(22(34)35-15)14-2-3-18(16(23)8-14)28-4-6-29(7-5-28)19(32)10-26-20(33)17-12-36-21(24)27-17/h2-3,8,12,15H,4-7,9-11H2,1H3,(H2,24,27)(H,25,31)(H,26,33)/t15-/m0/s1. The fourth-order valence-electron chi connectivity index (χ4n) is 3.96. The summed E-state index contributed by atoms with van der Waals surface area (Å²) in [6.07, 6.45) is -1.12. The van der Waals surface area contributed by atoms with Crippen LogP contribution in [0.15, 0.2) is 23.6 Å². The van der Waals surface area contributed by atoms with Crippen molar-refractivity contribution in [1.82, 2.24) is 20.5 Å². The number of carbonyl (C=O) groups excluding carboxylic acids is 4. The number of carbonyl (C=O) groups is 4. The number of nitrogens with one attached hydrogen (secondary N) is 2. The van der Waals surface area contributed by atoms with Gasteiger partial charge in [0.1, 0.15) is 17.6 Å². The average molecular weight is 520 g/mol. The number of nitrogen functional groups attached to an aromatic ring is 1. The van der Waals surface area contributed by atoms with Crippen LogP contribution >= 0.6 is 11.3 Å². The molecule has 2 fully saturated rings. The number of nitrogens with two attached hydrogens (primary N) is 1. The van der Waals surface area contributed by atoms with Crippen molar-refractivity contribution in [1.29, 1.82) is 0 Å². The number of anilines is 3. The molecule has 14 heteroatoms. The van der Waals surface area contributed by atoms with Gasteiger partial charge < -0.3 is 30.9 Å². The Kier molecular flexibility index (Phi) is 7.52. The van der Waals surface area contributed by atoms with Crippen LogP contribution in [-0.2, 0) is 14.3 Å². The van der Waals surface area contributed by atoms with Gasteiger partial charge in [0.25, 0.3) is 5.91 Å². The molecule has 36 heavy (non-hydrogen) atoms. The lowest BCUT2D eigenvalue weighted by Crippen LogP contribution is -2.51. The summed E-state index contributed by atoms with van der Waals surface area (Å²) in [7, 11) is 0. The SMILES string of the molecule is CC(=O)NC[C@H]1CN(c2ccc(N3CCN(C(=O)CNC(=O)c4csc(N)n4)CC3)c(F)c2)C(=O)O1. The Morgan fingerprint density at radius 2 is 1.97 bits per heavy atom. The predicted molar refractivity (Wildman–Crippen MR) is 130 cm³/mol. The number of nitrogens with zero attached hydrogens (tertiary/aromatic N) is 4. The minimum atomic E-state index is -0.602. The fourth-order valence-corrected chi connectivity index (χ4v) is 4.51. The Bertz CT molecular complexity index is 1170. The van der Waals surface area contributed by atoms with Gasteiger partial charge in [-0.25, -0.2) is 14.2 Å².